The first-order valence-electron chi connectivity index (χ1n) is 6.15. The Bertz CT molecular complexity index is 429. The molecule has 2 N–H and O–H groups in total. The average Bonchev–Trinajstić information content (AvgIpc) is 2.66. The molecule has 1 aliphatic heterocycles. The molecule has 0 radical (unpaired) electrons. The monoisotopic (exact) mass is 396 g/mol. The zero-order valence-electron chi connectivity index (χ0n) is 11.5. The summed E-state index contributed by atoms with van der Waals surface area (Å²) in [5.41, 5.74) is 7.09. The number of aliphatic imine (C=N–C) groups is 1. The second kappa shape index (κ2) is 7.39. The van der Waals surface area contributed by atoms with Crippen molar-refractivity contribution in [1.82, 2.24) is 9.88 Å². The van der Waals surface area contributed by atoms with E-state index in [0.717, 1.165) is 23.8 Å². The van der Waals surface area contributed by atoms with Crippen molar-refractivity contribution in [2.24, 2.45) is 10.7 Å². The molecule has 0 aromatic carbocycles. The third-order valence-corrected chi connectivity index (χ3v) is 4.07. The molecule has 108 valence electrons. The number of halogens is 1. The summed E-state index contributed by atoms with van der Waals surface area (Å²) < 4.78 is 5.48. The molecule has 0 saturated carbocycles. The van der Waals surface area contributed by atoms with E-state index in [9.17, 15) is 0 Å². The Morgan fingerprint density at radius 1 is 1.58 bits per heavy atom. The zero-order valence-corrected chi connectivity index (χ0v) is 14.7. The van der Waals surface area contributed by atoms with Crippen molar-refractivity contribution in [2.45, 2.75) is 33.4 Å². The lowest BCUT2D eigenvalue weighted by Gasteiger charge is -2.31. The molecule has 2 rings (SSSR count). The molecule has 19 heavy (non-hydrogen) atoms. The molecule has 1 unspecified atom stereocenters. The fourth-order valence-corrected chi connectivity index (χ4v) is 2.74. The van der Waals surface area contributed by atoms with Crippen LogP contribution in [-0.2, 0) is 11.3 Å². The van der Waals surface area contributed by atoms with Gasteiger partial charge in [0.2, 0.25) is 0 Å². The highest BCUT2D eigenvalue weighted by atomic mass is 127. The van der Waals surface area contributed by atoms with Crippen molar-refractivity contribution < 1.29 is 4.74 Å². The third-order valence-electron chi connectivity index (χ3n) is 3.01. The molecule has 0 bridgehead atoms. The molecule has 1 aromatic heterocycles. The number of hydrogen-bond donors (Lipinski definition) is 1. The molecular formula is C12H21IN4OS. The predicted octanol–water partition coefficient (Wildman–Crippen LogP) is 1.91. The van der Waals surface area contributed by atoms with E-state index in [1.54, 1.807) is 11.3 Å². The number of guanidine groups is 1. The van der Waals surface area contributed by atoms with E-state index in [1.165, 1.54) is 4.88 Å². The van der Waals surface area contributed by atoms with Crippen LogP contribution < -0.4 is 5.73 Å². The Kier molecular flexibility index (Phi) is 6.48. The lowest BCUT2D eigenvalue weighted by Crippen LogP contribution is -2.47. The van der Waals surface area contributed by atoms with Crippen LogP contribution in [0.2, 0.25) is 0 Å². The van der Waals surface area contributed by atoms with Crippen molar-refractivity contribution in [1.29, 1.82) is 0 Å². The molecule has 7 heteroatoms. The fraction of sp³-hybridized carbons (Fsp3) is 0.667. The van der Waals surface area contributed by atoms with Gasteiger partial charge in [-0.25, -0.2) is 9.98 Å². The summed E-state index contributed by atoms with van der Waals surface area (Å²) in [5, 5.41) is 1.02. The predicted molar refractivity (Wildman–Crippen MR) is 89.3 cm³/mol. The van der Waals surface area contributed by atoms with E-state index >= 15 is 0 Å². The number of thiazole rings is 1. The number of morpholine rings is 1. The Hall–Kier alpha value is -0.410. The average molecular weight is 396 g/mol. The second-order valence-electron chi connectivity index (χ2n) is 4.55. The van der Waals surface area contributed by atoms with Crippen LogP contribution in [0.1, 0.15) is 22.5 Å². The third kappa shape index (κ3) is 4.57. The number of aryl methyl sites for hydroxylation is 2. The van der Waals surface area contributed by atoms with Crippen LogP contribution in [0.5, 0.6) is 0 Å². The van der Waals surface area contributed by atoms with Crippen molar-refractivity contribution in [2.75, 3.05) is 19.7 Å². The van der Waals surface area contributed by atoms with Gasteiger partial charge in [-0.15, -0.1) is 35.3 Å². The Balaban J connectivity index is 0.00000180. The minimum atomic E-state index is 0. The Morgan fingerprint density at radius 2 is 2.32 bits per heavy atom. The number of aromatic nitrogens is 1. The molecule has 1 atom stereocenters. The highest BCUT2D eigenvalue weighted by molar-refractivity contribution is 14.0. The summed E-state index contributed by atoms with van der Waals surface area (Å²) in [4.78, 5) is 12.2. The van der Waals surface area contributed by atoms with Gasteiger partial charge in [-0.1, -0.05) is 0 Å². The van der Waals surface area contributed by atoms with Gasteiger partial charge in [0.05, 0.1) is 24.9 Å². The van der Waals surface area contributed by atoms with Gasteiger partial charge in [-0.3, -0.25) is 0 Å². The molecule has 5 nitrogen and oxygen atoms in total. The summed E-state index contributed by atoms with van der Waals surface area (Å²) in [5.74, 6) is 0.593. The lowest BCUT2D eigenvalue weighted by molar-refractivity contribution is 0.00529. The lowest BCUT2D eigenvalue weighted by atomic mass is 10.3. The van der Waals surface area contributed by atoms with Crippen LogP contribution in [0.4, 0.5) is 0 Å². The van der Waals surface area contributed by atoms with Gasteiger partial charge in [0, 0.05) is 18.0 Å². The van der Waals surface area contributed by atoms with Gasteiger partial charge in [-0.2, -0.15) is 0 Å². The molecule has 2 heterocycles. The number of nitrogens with zero attached hydrogens (tertiary/aromatic N) is 3. The number of ether oxygens (including phenoxy) is 1. The van der Waals surface area contributed by atoms with Crippen LogP contribution in [0.15, 0.2) is 4.99 Å². The van der Waals surface area contributed by atoms with Gasteiger partial charge in [-0.05, 0) is 20.8 Å². The maximum Gasteiger partial charge on any atom is 0.191 e. The minimum Gasteiger partial charge on any atom is -0.375 e. The van der Waals surface area contributed by atoms with E-state index < -0.39 is 0 Å². The van der Waals surface area contributed by atoms with Gasteiger partial charge in [0.1, 0.15) is 5.01 Å². The summed E-state index contributed by atoms with van der Waals surface area (Å²) in [6, 6.07) is 0. The SMILES string of the molecule is Cc1nc(CN=C(N)N2CCOC(C)C2)sc1C.I. The van der Waals surface area contributed by atoms with E-state index in [2.05, 4.69) is 21.8 Å². The highest BCUT2D eigenvalue weighted by Gasteiger charge is 2.18. The smallest absolute Gasteiger partial charge is 0.191 e. The standard InChI is InChI=1S/C12H20N4OS.HI/c1-8-7-16(4-5-17-8)12(13)14-6-11-15-9(2)10(3)18-11;/h8H,4-7H2,1-3H3,(H2,13,14);1H. The van der Waals surface area contributed by atoms with E-state index in [0.29, 0.717) is 19.1 Å². The van der Waals surface area contributed by atoms with Crippen molar-refractivity contribution in [3.05, 3.63) is 15.6 Å². The summed E-state index contributed by atoms with van der Waals surface area (Å²) in [6.07, 6.45) is 0.219. The molecule has 1 saturated heterocycles. The van der Waals surface area contributed by atoms with Crippen LogP contribution >= 0.6 is 35.3 Å². The Labute approximate surface area is 135 Å². The quantitative estimate of drug-likeness (QED) is 0.471. The maximum atomic E-state index is 6.00. The molecule has 1 aliphatic rings. The highest BCUT2D eigenvalue weighted by Crippen LogP contribution is 2.17. The topological polar surface area (TPSA) is 63.7 Å². The first kappa shape index (κ1) is 16.6. The number of rotatable bonds is 2. The van der Waals surface area contributed by atoms with E-state index in [-0.39, 0.29) is 30.1 Å². The van der Waals surface area contributed by atoms with Gasteiger partial charge < -0.3 is 15.4 Å². The summed E-state index contributed by atoms with van der Waals surface area (Å²) in [7, 11) is 0. The first-order valence-corrected chi connectivity index (χ1v) is 6.97. The zero-order chi connectivity index (χ0) is 13.1. The van der Waals surface area contributed by atoms with Gasteiger partial charge in [0.15, 0.2) is 5.96 Å². The van der Waals surface area contributed by atoms with Crippen molar-refractivity contribution in [3.8, 4) is 0 Å². The fourth-order valence-electron chi connectivity index (χ4n) is 1.88. The minimum absolute atomic E-state index is 0. The second-order valence-corrected chi connectivity index (χ2v) is 5.84. The molecule has 0 aliphatic carbocycles. The maximum absolute atomic E-state index is 6.00. The van der Waals surface area contributed by atoms with Gasteiger partial charge >= 0.3 is 0 Å². The molecular weight excluding hydrogens is 375 g/mol. The van der Waals surface area contributed by atoms with E-state index in [1.807, 2.05) is 13.8 Å². The summed E-state index contributed by atoms with van der Waals surface area (Å²) in [6.45, 7) is 9.05. The number of hydrogen-bond acceptors (Lipinski definition) is 4. The van der Waals surface area contributed by atoms with Crippen LogP contribution in [0.25, 0.3) is 0 Å². The molecule has 0 amide bonds. The van der Waals surface area contributed by atoms with Crippen molar-refractivity contribution >= 4 is 41.3 Å². The van der Waals surface area contributed by atoms with E-state index in [4.69, 9.17) is 10.5 Å². The Morgan fingerprint density at radius 3 is 2.89 bits per heavy atom. The molecule has 1 fully saturated rings. The normalized spacial score (nSPS) is 20.3. The van der Waals surface area contributed by atoms with Crippen LogP contribution in [0, 0.1) is 13.8 Å². The molecule has 0 spiro atoms. The summed E-state index contributed by atoms with van der Waals surface area (Å²) >= 11 is 1.69. The van der Waals surface area contributed by atoms with Crippen molar-refractivity contribution in [3.63, 3.8) is 0 Å². The first-order chi connectivity index (χ1) is 8.56. The number of nitrogens with two attached hydrogens (primary N) is 1. The van der Waals surface area contributed by atoms with Crippen LogP contribution in [-0.4, -0.2) is 41.6 Å². The largest absolute Gasteiger partial charge is 0.375 e. The molecule has 1 aromatic rings. The van der Waals surface area contributed by atoms with Gasteiger partial charge in [0.25, 0.3) is 0 Å². The van der Waals surface area contributed by atoms with Crippen LogP contribution in [0.3, 0.4) is 0 Å².